The first-order valence-corrected chi connectivity index (χ1v) is 10.4. The smallest absolute Gasteiger partial charge is 0.269 e. The normalized spacial score (nSPS) is 10.5. The van der Waals surface area contributed by atoms with Gasteiger partial charge >= 0.3 is 0 Å². The molecule has 2 aromatic carbocycles. The number of hydrogen-bond donors (Lipinski definition) is 3. The second-order valence-electron chi connectivity index (χ2n) is 6.83. The van der Waals surface area contributed by atoms with Crippen LogP contribution in [0.4, 0.5) is 5.69 Å². The summed E-state index contributed by atoms with van der Waals surface area (Å²) in [5, 5.41) is 12.2. The van der Waals surface area contributed by atoms with Crippen LogP contribution in [0.15, 0.2) is 53.7 Å². The van der Waals surface area contributed by atoms with E-state index in [2.05, 4.69) is 26.4 Å². The van der Waals surface area contributed by atoms with Crippen LogP contribution in [-0.4, -0.2) is 32.3 Å². The molecule has 0 bridgehead atoms. The van der Waals surface area contributed by atoms with Crippen LogP contribution in [0.2, 0.25) is 0 Å². The largest absolute Gasteiger partial charge is 0.378 e. The Labute approximate surface area is 179 Å². The van der Waals surface area contributed by atoms with Crippen molar-refractivity contribution in [2.24, 2.45) is 7.05 Å². The molecule has 0 saturated heterocycles. The van der Waals surface area contributed by atoms with Gasteiger partial charge < -0.3 is 9.88 Å². The van der Waals surface area contributed by atoms with Gasteiger partial charge in [0, 0.05) is 18.3 Å². The molecule has 0 radical (unpaired) electrons. The molecule has 9 heteroatoms. The van der Waals surface area contributed by atoms with E-state index >= 15 is 0 Å². The second kappa shape index (κ2) is 9.93. The van der Waals surface area contributed by atoms with Crippen molar-refractivity contribution in [2.45, 2.75) is 25.5 Å². The third-order valence-corrected chi connectivity index (χ3v) is 5.41. The number of hydrazine groups is 1. The van der Waals surface area contributed by atoms with Gasteiger partial charge in [-0.25, -0.2) is 0 Å². The minimum atomic E-state index is -0.364. The van der Waals surface area contributed by atoms with Gasteiger partial charge in [0.2, 0.25) is 5.91 Å². The SMILES string of the molecule is Cc1ccc(NCc2nnc(SCC(=O)NNC(=O)c3ccc(C)cc3)n2C)cc1. The molecule has 0 aliphatic rings. The summed E-state index contributed by atoms with van der Waals surface area (Å²) in [5.41, 5.74) is 8.57. The predicted molar refractivity (Wildman–Crippen MR) is 117 cm³/mol. The van der Waals surface area contributed by atoms with Gasteiger partial charge in [-0.15, -0.1) is 10.2 Å². The Bertz CT molecular complexity index is 1010. The lowest BCUT2D eigenvalue weighted by Gasteiger charge is -2.08. The zero-order chi connectivity index (χ0) is 21.5. The van der Waals surface area contributed by atoms with E-state index in [0.717, 1.165) is 17.1 Å². The molecule has 0 fully saturated rings. The van der Waals surface area contributed by atoms with E-state index < -0.39 is 0 Å². The summed E-state index contributed by atoms with van der Waals surface area (Å²) < 4.78 is 1.84. The first-order valence-electron chi connectivity index (χ1n) is 9.40. The van der Waals surface area contributed by atoms with Crippen LogP contribution >= 0.6 is 11.8 Å². The van der Waals surface area contributed by atoms with Crippen molar-refractivity contribution < 1.29 is 9.59 Å². The molecule has 3 N–H and O–H groups in total. The zero-order valence-electron chi connectivity index (χ0n) is 17.1. The van der Waals surface area contributed by atoms with Crippen LogP contribution in [0.25, 0.3) is 0 Å². The fourth-order valence-corrected chi connectivity index (χ4v) is 3.28. The lowest BCUT2D eigenvalue weighted by atomic mass is 10.1. The molecule has 0 unspecified atom stereocenters. The highest BCUT2D eigenvalue weighted by Crippen LogP contribution is 2.16. The number of carbonyl (C=O) groups is 2. The number of nitrogens with zero attached hydrogens (tertiary/aromatic N) is 3. The predicted octanol–water partition coefficient (Wildman–Crippen LogP) is 2.60. The Morgan fingerprint density at radius 1 is 0.933 bits per heavy atom. The van der Waals surface area contributed by atoms with Crippen molar-refractivity contribution >= 4 is 29.3 Å². The molecule has 3 rings (SSSR count). The zero-order valence-corrected chi connectivity index (χ0v) is 17.9. The maximum atomic E-state index is 12.0. The molecular weight excluding hydrogens is 400 g/mol. The second-order valence-corrected chi connectivity index (χ2v) is 7.78. The van der Waals surface area contributed by atoms with Crippen LogP contribution in [-0.2, 0) is 18.4 Å². The fourth-order valence-electron chi connectivity index (χ4n) is 2.55. The summed E-state index contributed by atoms with van der Waals surface area (Å²) in [6.07, 6.45) is 0. The van der Waals surface area contributed by atoms with Gasteiger partial charge in [0.05, 0.1) is 12.3 Å². The van der Waals surface area contributed by atoms with Gasteiger partial charge in [-0.1, -0.05) is 47.2 Å². The number of rotatable bonds is 7. The van der Waals surface area contributed by atoms with Crippen LogP contribution < -0.4 is 16.2 Å². The lowest BCUT2D eigenvalue weighted by molar-refractivity contribution is -0.119. The van der Waals surface area contributed by atoms with Crippen molar-refractivity contribution in [1.82, 2.24) is 25.6 Å². The quantitative estimate of drug-likeness (QED) is 0.398. The number of nitrogens with one attached hydrogen (secondary N) is 3. The van der Waals surface area contributed by atoms with E-state index in [1.807, 2.05) is 61.9 Å². The van der Waals surface area contributed by atoms with E-state index in [1.54, 1.807) is 12.1 Å². The van der Waals surface area contributed by atoms with Crippen molar-refractivity contribution in [2.75, 3.05) is 11.1 Å². The first kappa shape index (κ1) is 21.4. The Morgan fingerprint density at radius 3 is 2.23 bits per heavy atom. The Hall–Kier alpha value is -3.33. The molecule has 0 aliphatic heterocycles. The molecule has 1 heterocycles. The number of anilines is 1. The average Bonchev–Trinajstić information content (AvgIpc) is 3.10. The van der Waals surface area contributed by atoms with Crippen LogP contribution in [0.5, 0.6) is 0 Å². The number of amides is 2. The maximum Gasteiger partial charge on any atom is 0.269 e. The minimum absolute atomic E-state index is 0.103. The van der Waals surface area contributed by atoms with E-state index in [0.29, 0.717) is 17.3 Å². The molecular formula is C21H24N6O2S. The van der Waals surface area contributed by atoms with Crippen LogP contribution in [0.3, 0.4) is 0 Å². The molecule has 2 amide bonds. The molecule has 3 aromatic rings. The van der Waals surface area contributed by atoms with E-state index in [4.69, 9.17) is 0 Å². The molecule has 0 spiro atoms. The highest BCUT2D eigenvalue weighted by Gasteiger charge is 2.12. The van der Waals surface area contributed by atoms with Crippen LogP contribution in [0, 0.1) is 13.8 Å². The fraction of sp³-hybridized carbons (Fsp3) is 0.238. The molecule has 30 heavy (non-hydrogen) atoms. The van der Waals surface area contributed by atoms with Crippen LogP contribution in [0.1, 0.15) is 27.3 Å². The van der Waals surface area contributed by atoms with Gasteiger partial charge in [0.25, 0.3) is 5.91 Å². The number of thioether (sulfide) groups is 1. The number of carbonyl (C=O) groups excluding carboxylic acids is 2. The number of aromatic nitrogens is 3. The summed E-state index contributed by atoms with van der Waals surface area (Å²) in [4.78, 5) is 24.1. The van der Waals surface area contributed by atoms with Gasteiger partial charge in [-0.2, -0.15) is 0 Å². The molecule has 0 atom stereocenters. The van der Waals surface area contributed by atoms with Crippen molar-refractivity contribution in [1.29, 1.82) is 0 Å². The Morgan fingerprint density at radius 2 is 1.57 bits per heavy atom. The third kappa shape index (κ3) is 5.84. The van der Waals surface area contributed by atoms with Crippen molar-refractivity contribution in [3.63, 3.8) is 0 Å². The molecule has 1 aromatic heterocycles. The van der Waals surface area contributed by atoms with Gasteiger partial charge in [0.1, 0.15) is 0 Å². The van der Waals surface area contributed by atoms with E-state index in [9.17, 15) is 9.59 Å². The van der Waals surface area contributed by atoms with Gasteiger partial charge in [-0.05, 0) is 38.1 Å². The first-order chi connectivity index (χ1) is 14.4. The maximum absolute atomic E-state index is 12.0. The molecule has 8 nitrogen and oxygen atoms in total. The molecule has 0 aliphatic carbocycles. The number of aryl methyl sites for hydroxylation is 2. The highest BCUT2D eigenvalue weighted by molar-refractivity contribution is 7.99. The summed E-state index contributed by atoms with van der Waals surface area (Å²) in [5.74, 6) is 0.163. The Kier molecular flexibility index (Phi) is 7.08. The number of hydrogen-bond acceptors (Lipinski definition) is 6. The summed E-state index contributed by atoms with van der Waals surface area (Å²) in [7, 11) is 1.85. The molecule has 156 valence electrons. The van der Waals surface area contributed by atoms with E-state index in [-0.39, 0.29) is 17.6 Å². The topological polar surface area (TPSA) is 101 Å². The summed E-state index contributed by atoms with van der Waals surface area (Å²) >= 11 is 1.25. The summed E-state index contributed by atoms with van der Waals surface area (Å²) in [6.45, 7) is 4.50. The average molecular weight is 425 g/mol. The molecule has 0 saturated carbocycles. The standard InChI is InChI=1S/C21H24N6O2S/c1-14-4-8-16(9-5-14)20(29)25-24-19(28)13-30-21-26-23-18(27(21)3)12-22-17-10-6-15(2)7-11-17/h4-11,22H,12-13H2,1-3H3,(H,24,28)(H,25,29). The van der Waals surface area contributed by atoms with E-state index in [1.165, 1.54) is 17.3 Å². The minimum Gasteiger partial charge on any atom is -0.378 e. The summed E-state index contributed by atoms with van der Waals surface area (Å²) in [6, 6.07) is 15.2. The third-order valence-electron chi connectivity index (χ3n) is 4.39. The van der Waals surface area contributed by atoms with Gasteiger partial charge in [-0.3, -0.25) is 20.4 Å². The van der Waals surface area contributed by atoms with Crippen molar-refractivity contribution in [3.8, 4) is 0 Å². The number of benzene rings is 2. The highest BCUT2D eigenvalue weighted by atomic mass is 32.2. The van der Waals surface area contributed by atoms with Crippen molar-refractivity contribution in [3.05, 3.63) is 71.0 Å². The van der Waals surface area contributed by atoms with Gasteiger partial charge in [0.15, 0.2) is 11.0 Å². The Balaban J connectivity index is 1.45. The monoisotopic (exact) mass is 424 g/mol. The lowest BCUT2D eigenvalue weighted by Crippen LogP contribution is -2.42.